The molecule has 0 aromatic heterocycles. The molecule has 0 unspecified atom stereocenters. The Morgan fingerprint density at radius 3 is 2.71 bits per heavy atom. The number of aryl methyl sites for hydroxylation is 2. The van der Waals surface area contributed by atoms with E-state index < -0.39 is 0 Å². The largest absolute Gasteiger partial charge is 0.330 e. The third-order valence-electron chi connectivity index (χ3n) is 2.21. The first kappa shape index (κ1) is 11.5. The molecule has 0 bridgehead atoms. The van der Waals surface area contributed by atoms with Crippen LogP contribution in [0.25, 0.3) is 0 Å². The monoisotopic (exact) mass is 215 g/mol. The Labute approximate surface area is 89.1 Å². The van der Waals surface area contributed by atoms with Crippen LogP contribution in [0.4, 0.5) is 4.39 Å². The van der Waals surface area contributed by atoms with Gasteiger partial charge >= 0.3 is 0 Å². The van der Waals surface area contributed by atoms with Crippen molar-refractivity contribution in [1.82, 2.24) is 0 Å². The lowest BCUT2D eigenvalue weighted by Crippen LogP contribution is -2.01. The number of halogens is 2. The Balaban J connectivity index is 2.91. The number of hydrogen-bond acceptors (Lipinski definition) is 1. The van der Waals surface area contributed by atoms with Crippen LogP contribution in [0.1, 0.15) is 24.5 Å². The standard InChI is InChI=1S/C11H15ClFN/c1-2-9-6-8(4-3-5-14)7-10(12)11(9)13/h6-7H,2-5,14H2,1H3. The summed E-state index contributed by atoms with van der Waals surface area (Å²) in [5.74, 6) is -0.286. The predicted molar refractivity (Wildman–Crippen MR) is 58.2 cm³/mol. The van der Waals surface area contributed by atoms with E-state index >= 15 is 0 Å². The Kier molecular flexibility index (Phi) is 4.36. The molecular formula is C11H15ClFN. The highest BCUT2D eigenvalue weighted by Gasteiger charge is 2.07. The van der Waals surface area contributed by atoms with Crippen molar-refractivity contribution in [3.05, 3.63) is 34.1 Å². The van der Waals surface area contributed by atoms with Crippen LogP contribution in [0.2, 0.25) is 5.02 Å². The van der Waals surface area contributed by atoms with Crippen molar-refractivity contribution in [1.29, 1.82) is 0 Å². The van der Waals surface area contributed by atoms with Crippen LogP contribution in [-0.4, -0.2) is 6.54 Å². The average molecular weight is 216 g/mol. The zero-order chi connectivity index (χ0) is 10.6. The van der Waals surface area contributed by atoms with Crippen LogP contribution in [0.3, 0.4) is 0 Å². The molecule has 1 rings (SSSR count). The van der Waals surface area contributed by atoms with E-state index in [1.165, 1.54) is 0 Å². The van der Waals surface area contributed by atoms with Crippen molar-refractivity contribution in [3.63, 3.8) is 0 Å². The molecule has 0 heterocycles. The van der Waals surface area contributed by atoms with Crippen LogP contribution in [0.5, 0.6) is 0 Å². The van der Waals surface area contributed by atoms with E-state index in [4.69, 9.17) is 17.3 Å². The highest BCUT2D eigenvalue weighted by Crippen LogP contribution is 2.22. The van der Waals surface area contributed by atoms with E-state index in [2.05, 4.69) is 0 Å². The summed E-state index contributed by atoms with van der Waals surface area (Å²) in [7, 11) is 0. The number of nitrogens with two attached hydrogens (primary N) is 1. The Morgan fingerprint density at radius 1 is 1.43 bits per heavy atom. The number of rotatable bonds is 4. The SMILES string of the molecule is CCc1cc(CCCN)cc(Cl)c1F. The molecule has 0 radical (unpaired) electrons. The molecular weight excluding hydrogens is 201 g/mol. The highest BCUT2D eigenvalue weighted by atomic mass is 35.5. The van der Waals surface area contributed by atoms with E-state index in [0.29, 0.717) is 18.5 Å². The van der Waals surface area contributed by atoms with Gasteiger partial charge in [-0.15, -0.1) is 0 Å². The van der Waals surface area contributed by atoms with Gasteiger partial charge in [-0.1, -0.05) is 24.6 Å². The van der Waals surface area contributed by atoms with E-state index in [9.17, 15) is 4.39 Å². The fourth-order valence-corrected chi connectivity index (χ4v) is 1.68. The fourth-order valence-electron chi connectivity index (χ4n) is 1.42. The van der Waals surface area contributed by atoms with Crippen molar-refractivity contribution < 1.29 is 4.39 Å². The lowest BCUT2D eigenvalue weighted by molar-refractivity contribution is 0.611. The van der Waals surface area contributed by atoms with Gasteiger partial charge in [-0.3, -0.25) is 0 Å². The van der Waals surface area contributed by atoms with Gasteiger partial charge in [0.25, 0.3) is 0 Å². The van der Waals surface area contributed by atoms with Gasteiger partial charge < -0.3 is 5.73 Å². The number of hydrogen-bond donors (Lipinski definition) is 1. The van der Waals surface area contributed by atoms with E-state index in [-0.39, 0.29) is 10.8 Å². The quantitative estimate of drug-likeness (QED) is 0.821. The van der Waals surface area contributed by atoms with Crippen molar-refractivity contribution in [2.75, 3.05) is 6.54 Å². The third-order valence-corrected chi connectivity index (χ3v) is 2.49. The van der Waals surface area contributed by atoms with Gasteiger partial charge in [-0.25, -0.2) is 4.39 Å². The second-order valence-corrected chi connectivity index (χ2v) is 3.70. The second-order valence-electron chi connectivity index (χ2n) is 3.30. The van der Waals surface area contributed by atoms with Gasteiger partial charge in [0.2, 0.25) is 0 Å². The molecule has 78 valence electrons. The van der Waals surface area contributed by atoms with Crippen LogP contribution in [0, 0.1) is 5.82 Å². The Bertz CT molecular complexity index is 312. The van der Waals surface area contributed by atoms with Gasteiger partial charge in [0, 0.05) is 0 Å². The summed E-state index contributed by atoms with van der Waals surface area (Å²) in [6.07, 6.45) is 2.44. The van der Waals surface area contributed by atoms with E-state index in [0.717, 1.165) is 18.4 Å². The average Bonchev–Trinajstić information content (AvgIpc) is 2.19. The van der Waals surface area contributed by atoms with Crippen molar-refractivity contribution in [2.45, 2.75) is 26.2 Å². The third kappa shape index (κ3) is 2.69. The molecule has 0 spiro atoms. The predicted octanol–water partition coefficient (Wildman–Crippen LogP) is 2.93. The lowest BCUT2D eigenvalue weighted by Gasteiger charge is -2.06. The Hall–Kier alpha value is -0.600. The van der Waals surface area contributed by atoms with Crippen molar-refractivity contribution in [2.24, 2.45) is 5.73 Å². The van der Waals surface area contributed by atoms with Crippen LogP contribution >= 0.6 is 11.6 Å². The first-order valence-corrected chi connectivity index (χ1v) is 5.23. The summed E-state index contributed by atoms with van der Waals surface area (Å²) in [4.78, 5) is 0. The molecule has 0 saturated carbocycles. The van der Waals surface area contributed by atoms with Gasteiger partial charge in [-0.2, -0.15) is 0 Å². The highest BCUT2D eigenvalue weighted by molar-refractivity contribution is 6.30. The molecule has 0 saturated heterocycles. The molecule has 0 amide bonds. The Morgan fingerprint density at radius 2 is 2.14 bits per heavy atom. The van der Waals surface area contributed by atoms with Crippen LogP contribution in [0.15, 0.2) is 12.1 Å². The molecule has 1 aromatic rings. The molecule has 0 atom stereocenters. The maximum atomic E-state index is 13.3. The normalized spacial score (nSPS) is 10.6. The lowest BCUT2D eigenvalue weighted by atomic mass is 10.0. The number of benzene rings is 1. The molecule has 0 aliphatic rings. The zero-order valence-corrected chi connectivity index (χ0v) is 9.07. The minimum atomic E-state index is -0.286. The molecule has 3 heteroatoms. The summed E-state index contributed by atoms with van der Waals surface area (Å²) in [6.45, 7) is 2.57. The molecule has 2 N–H and O–H groups in total. The summed E-state index contributed by atoms with van der Waals surface area (Å²) in [6, 6.07) is 3.56. The second kappa shape index (κ2) is 5.32. The smallest absolute Gasteiger partial charge is 0.144 e. The first-order valence-electron chi connectivity index (χ1n) is 4.86. The van der Waals surface area contributed by atoms with Crippen molar-refractivity contribution in [3.8, 4) is 0 Å². The van der Waals surface area contributed by atoms with Gasteiger partial charge in [0.05, 0.1) is 5.02 Å². The molecule has 0 aliphatic carbocycles. The minimum Gasteiger partial charge on any atom is -0.330 e. The van der Waals surface area contributed by atoms with Gasteiger partial charge in [0.1, 0.15) is 5.82 Å². The fraction of sp³-hybridized carbons (Fsp3) is 0.455. The zero-order valence-electron chi connectivity index (χ0n) is 8.32. The van der Waals surface area contributed by atoms with Crippen LogP contribution < -0.4 is 5.73 Å². The molecule has 1 aromatic carbocycles. The topological polar surface area (TPSA) is 26.0 Å². The summed E-state index contributed by atoms with van der Waals surface area (Å²) in [5.41, 5.74) is 7.16. The van der Waals surface area contributed by atoms with Crippen molar-refractivity contribution >= 4 is 11.6 Å². The summed E-state index contributed by atoms with van der Waals surface area (Å²) >= 11 is 5.77. The first-order chi connectivity index (χ1) is 6.69. The van der Waals surface area contributed by atoms with E-state index in [1.54, 1.807) is 6.07 Å². The van der Waals surface area contributed by atoms with Gasteiger partial charge in [0.15, 0.2) is 0 Å². The molecule has 0 aliphatic heterocycles. The molecule has 0 fully saturated rings. The minimum absolute atomic E-state index is 0.219. The molecule has 14 heavy (non-hydrogen) atoms. The van der Waals surface area contributed by atoms with Gasteiger partial charge in [-0.05, 0) is 43.0 Å². The summed E-state index contributed by atoms with van der Waals surface area (Å²) < 4.78 is 13.3. The maximum absolute atomic E-state index is 13.3. The van der Waals surface area contributed by atoms with Crippen LogP contribution in [-0.2, 0) is 12.8 Å². The molecule has 1 nitrogen and oxygen atoms in total. The summed E-state index contributed by atoms with van der Waals surface area (Å²) in [5, 5.41) is 0.219. The van der Waals surface area contributed by atoms with E-state index in [1.807, 2.05) is 13.0 Å². The maximum Gasteiger partial charge on any atom is 0.144 e.